The molecule has 0 bridgehead atoms. The highest BCUT2D eigenvalue weighted by molar-refractivity contribution is 5.92. The maximum atomic E-state index is 13.0. The van der Waals surface area contributed by atoms with Crippen molar-refractivity contribution in [3.05, 3.63) is 87.8 Å². The number of hydrogen-bond acceptors (Lipinski definition) is 3. The van der Waals surface area contributed by atoms with Crippen LogP contribution in [0.15, 0.2) is 65.5 Å². The van der Waals surface area contributed by atoms with E-state index in [0.29, 0.717) is 31.0 Å². The molecule has 144 valence electrons. The number of rotatable bonds is 4. The van der Waals surface area contributed by atoms with Gasteiger partial charge >= 0.3 is 0 Å². The molecule has 1 aliphatic rings. The summed E-state index contributed by atoms with van der Waals surface area (Å²) in [6.45, 7) is 3.69. The van der Waals surface area contributed by atoms with Gasteiger partial charge in [0.2, 0.25) is 0 Å². The Hall–Kier alpha value is -3.12. The lowest BCUT2D eigenvalue weighted by Crippen LogP contribution is -2.30. The number of likely N-dealkylation sites (tertiary alicyclic amines) is 1. The first-order chi connectivity index (χ1) is 13.6. The molecule has 0 radical (unpaired) electrons. The maximum absolute atomic E-state index is 13.0. The highest BCUT2D eigenvalue weighted by Crippen LogP contribution is 2.32. The molecule has 1 aromatic heterocycles. The predicted molar refractivity (Wildman–Crippen MR) is 109 cm³/mol. The molecule has 6 heteroatoms. The standard InChI is InChI=1S/C22H24N4O2/c1-15-7-9-18(10-8-15)26-21(27)11-20(24-26)22(28)25-13-17(12-23)19(14-25)16-5-3-2-4-6-16/h2-11,17,19,24H,12-14,23H2,1H3/t17-,19+/m1/s1. The van der Waals surface area contributed by atoms with Crippen molar-refractivity contribution >= 4 is 5.91 Å². The van der Waals surface area contributed by atoms with Crippen LogP contribution in [0.2, 0.25) is 0 Å². The number of H-pyrrole nitrogens is 1. The van der Waals surface area contributed by atoms with Crippen LogP contribution >= 0.6 is 0 Å². The lowest BCUT2D eigenvalue weighted by atomic mass is 9.89. The van der Waals surface area contributed by atoms with Crippen LogP contribution < -0.4 is 11.3 Å². The molecule has 3 N–H and O–H groups in total. The van der Waals surface area contributed by atoms with Crippen LogP contribution in [0, 0.1) is 12.8 Å². The first-order valence-corrected chi connectivity index (χ1v) is 9.50. The fourth-order valence-electron chi connectivity index (χ4n) is 3.92. The summed E-state index contributed by atoms with van der Waals surface area (Å²) in [6.07, 6.45) is 0. The third-order valence-electron chi connectivity index (χ3n) is 5.50. The van der Waals surface area contributed by atoms with Gasteiger partial charge in [-0.2, -0.15) is 0 Å². The summed E-state index contributed by atoms with van der Waals surface area (Å²) in [5.74, 6) is 0.248. The zero-order valence-electron chi connectivity index (χ0n) is 15.8. The van der Waals surface area contributed by atoms with Crippen molar-refractivity contribution in [2.45, 2.75) is 12.8 Å². The van der Waals surface area contributed by atoms with Crippen molar-refractivity contribution in [2.24, 2.45) is 11.7 Å². The number of aromatic nitrogens is 2. The summed E-state index contributed by atoms with van der Waals surface area (Å²) in [5.41, 5.74) is 9.04. The molecule has 1 fully saturated rings. The van der Waals surface area contributed by atoms with Gasteiger partial charge in [-0.3, -0.25) is 14.7 Å². The average Bonchev–Trinajstić information content (AvgIpc) is 3.32. The van der Waals surface area contributed by atoms with E-state index in [1.54, 1.807) is 4.90 Å². The SMILES string of the molecule is Cc1ccc(-n2[nH]c(C(=O)N3C[C@@H](CN)[C@H](c4ccccc4)C3)cc2=O)cc1. The number of aryl methyl sites for hydroxylation is 1. The summed E-state index contributed by atoms with van der Waals surface area (Å²) < 4.78 is 1.40. The molecule has 6 nitrogen and oxygen atoms in total. The predicted octanol–water partition coefficient (Wildman–Crippen LogP) is 2.29. The van der Waals surface area contributed by atoms with E-state index in [2.05, 4.69) is 17.2 Å². The lowest BCUT2D eigenvalue weighted by Gasteiger charge is -2.16. The molecule has 2 heterocycles. The van der Waals surface area contributed by atoms with Crippen molar-refractivity contribution in [3.63, 3.8) is 0 Å². The second-order valence-corrected chi connectivity index (χ2v) is 7.40. The van der Waals surface area contributed by atoms with Gasteiger partial charge in [0.25, 0.3) is 11.5 Å². The van der Waals surface area contributed by atoms with E-state index >= 15 is 0 Å². The summed E-state index contributed by atoms with van der Waals surface area (Å²) in [7, 11) is 0. The van der Waals surface area contributed by atoms with Crippen LogP contribution in [0.25, 0.3) is 5.69 Å². The van der Waals surface area contributed by atoms with Crippen LogP contribution in [0.4, 0.5) is 0 Å². The Kier molecular flexibility index (Phi) is 4.88. The van der Waals surface area contributed by atoms with Crippen LogP contribution in [0.3, 0.4) is 0 Å². The molecule has 1 amide bonds. The van der Waals surface area contributed by atoms with E-state index in [1.165, 1.54) is 16.3 Å². The topological polar surface area (TPSA) is 84.1 Å². The van der Waals surface area contributed by atoms with E-state index in [4.69, 9.17) is 5.73 Å². The fraction of sp³-hybridized carbons (Fsp3) is 0.273. The zero-order chi connectivity index (χ0) is 19.7. The van der Waals surface area contributed by atoms with Gasteiger partial charge < -0.3 is 10.6 Å². The highest BCUT2D eigenvalue weighted by Gasteiger charge is 2.36. The minimum absolute atomic E-state index is 0.167. The minimum atomic E-state index is -0.249. The van der Waals surface area contributed by atoms with E-state index in [1.807, 2.05) is 49.4 Å². The van der Waals surface area contributed by atoms with Gasteiger partial charge in [-0.05, 0) is 37.1 Å². The van der Waals surface area contributed by atoms with E-state index in [9.17, 15) is 9.59 Å². The Balaban J connectivity index is 1.57. The Bertz CT molecular complexity index is 1020. The van der Waals surface area contributed by atoms with Crippen molar-refractivity contribution in [1.82, 2.24) is 14.7 Å². The van der Waals surface area contributed by atoms with Gasteiger partial charge in [0.1, 0.15) is 5.69 Å². The van der Waals surface area contributed by atoms with Gasteiger partial charge in [0.05, 0.1) is 5.69 Å². The normalized spacial score (nSPS) is 19.1. The van der Waals surface area contributed by atoms with Gasteiger partial charge in [0, 0.05) is 25.1 Å². The van der Waals surface area contributed by atoms with Crippen molar-refractivity contribution in [1.29, 1.82) is 0 Å². The van der Waals surface area contributed by atoms with Crippen molar-refractivity contribution in [2.75, 3.05) is 19.6 Å². The first-order valence-electron chi connectivity index (χ1n) is 9.50. The molecular weight excluding hydrogens is 352 g/mol. The first kappa shape index (κ1) is 18.3. The number of nitrogens with one attached hydrogen (secondary N) is 1. The second-order valence-electron chi connectivity index (χ2n) is 7.40. The summed E-state index contributed by atoms with van der Waals surface area (Å²) in [6, 6.07) is 19.1. The maximum Gasteiger partial charge on any atom is 0.271 e. The number of amides is 1. The number of nitrogens with two attached hydrogens (primary N) is 1. The number of nitrogens with zero attached hydrogens (tertiary/aromatic N) is 2. The number of aromatic amines is 1. The Morgan fingerprint density at radius 2 is 1.82 bits per heavy atom. The largest absolute Gasteiger partial charge is 0.336 e. The minimum Gasteiger partial charge on any atom is -0.336 e. The van der Waals surface area contributed by atoms with E-state index in [-0.39, 0.29) is 23.3 Å². The molecule has 3 aromatic rings. The van der Waals surface area contributed by atoms with Crippen LogP contribution in [-0.4, -0.2) is 40.2 Å². The zero-order valence-corrected chi connectivity index (χ0v) is 15.8. The molecule has 0 saturated carbocycles. The monoisotopic (exact) mass is 376 g/mol. The molecule has 1 aliphatic heterocycles. The number of carbonyl (C=O) groups excluding carboxylic acids is 1. The molecule has 0 aliphatic carbocycles. The number of carbonyl (C=O) groups is 1. The lowest BCUT2D eigenvalue weighted by molar-refractivity contribution is 0.0780. The molecule has 28 heavy (non-hydrogen) atoms. The van der Waals surface area contributed by atoms with E-state index in [0.717, 1.165) is 5.56 Å². The molecule has 0 spiro atoms. The van der Waals surface area contributed by atoms with Gasteiger partial charge in [0.15, 0.2) is 0 Å². The number of benzene rings is 2. The van der Waals surface area contributed by atoms with Crippen LogP contribution in [-0.2, 0) is 0 Å². The summed E-state index contributed by atoms with van der Waals surface area (Å²) >= 11 is 0. The van der Waals surface area contributed by atoms with Crippen molar-refractivity contribution < 1.29 is 4.79 Å². The average molecular weight is 376 g/mol. The van der Waals surface area contributed by atoms with Gasteiger partial charge in [-0.15, -0.1) is 0 Å². The van der Waals surface area contributed by atoms with Gasteiger partial charge in [-0.25, -0.2) is 4.68 Å². The molecule has 2 aromatic carbocycles. The van der Waals surface area contributed by atoms with Crippen LogP contribution in [0.5, 0.6) is 0 Å². The van der Waals surface area contributed by atoms with E-state index < -0.39 is 0 Å². The molecule has 1 saturated heterocycles. The smallest absolute Gasteiger partial charge is 0.271 e. The second kappa shape index (κ2) is 7.48. The summed E-state index contributed by atoms with van der Waals surface area (Å²) in [5, 5.41) is 2.96. The van der Waals surface area contributed by atoms with Crippen molar-refractivity contribution in [3.8, 4) is 5.69 Å². The summed E-state index contributed by atoms with van der Waals surface area (Å²) in [4.78, 5) is 27.2. The van der Waals surface area contributed by atoms with Gasteiger partial charge in [-0.1, -0.05) is 48.0 Å². The third-order valence-corrected chi connectivity index (χ3v) is 5.50. The number of hydrogen-bond donors (Lipinski definition) is 2. The molecule has 0 unspecified atom stereocenters. The fourth-order valence-corrected chi connectivity index (χ4v) is 3.92. The molecule has 2 atom stereocenters. The molecular formula is C22H24N4O2. The Morgan fingerprint density at radius 1 is 1.11 bits per heavy atom. The van der Waals surface area contributed by atoms with Crippen LogP contribution in [0.1, 0.15) is 27.5 Å². The Labute approximate surface area is 163 Å². The third kappa shape index (κ3) is 3.39. The quantitative estimate of drug-likeness (QED) is 0.733. The Morgan fingerprint density at radius 3 is 2.50 bits per heavy atom. The highest BCUT2D eigenvalue weighted by atomic mass is 16.2. The molecule has 4 rings (SSSR count).